The maximum absolute atomic E-state index is 12.1. The molecule has 1 aliphatic rings. The van der Waals surface area contributed by atoms with Gasteiger partial charge in [0.15, 0.2) is 6.61 Å². The third-order valence-electron chi connectivity index (χ3n) is 3.48. The van der Waals surface area contributed by atoms with Gasteiger partial charge in [-0.05, 0) is 28.0 Å². The molecule has 1 aliphatic heterocycles. The van der Waals surface area contributed by atoms with Crippen LogP contribution in [0.15, 0.2) is 52.3 Å². The summed E-state index contributed by atoms with van der Waals surface area (Å²) in [5.74, 6) is -0.696. The maximum atomic E-state index is 12.1. The lowest BCUT2D eigenvalue weighted by atomic mass is 10.1. The molecule has 0 atom stereocenters. The first-order valence-electron chi connectivity index (χ1n) is 7.32. The van der Waals surface area contributed by atoms with Gasteiger partial charge >= 0.3 is 5.97 Å². The standard InChI is InChI=1S/C17H16N2O3S/c20-16(11-22-17(21)10-13-7-9-23-12-13)19-8-6-15(18-19)14-4-2-1-3-5-14/h1-5,7,9,12H,6,8,10-11H2. The van der Waals surface area contributed by atoms with E-state index in [-0.39, 0.29) is 18.9 Å². The molecule has 0 aliphatic carbocycles. The van der Waals surface area contributed by atoms with E-state index in [1.54, 1.807) is 0 Å². The van der Waals surface area contributed by atoms with Crippen LogP contribution in [0.4, 0.5) is 0 Å². The van der Waals surface area contributed by atoms with Crippen molar-refractivity contribution in [3.05, 3.63) is 58.3 Å². The van der Waals surface area contributed by atoms with Crippen LogP contribution < -0.4 is 0 Å². The molecule has 0 bridgehead atoms. The van der Waals surface area contributed by atoms with Crippen LogP contribution in [0.3, 0.4) is 0 Å². The number of amides is 1. The summed E-state index contributed by atoms with van der Waals surface area (Å²) in [5.41, 5.74) is 2.79. The highest BCUT2D eigenvalue weighted by molar-refractivity contribution is 7.07. The lowest BCUT2D eigenvalue weighted by Gasteiger charge is -2.11. The van der Waals surface area contributed by atoms with Gasteiger partial charge in [0.25, 0.3) is 5.91 Å². The fraction of sp³-hybridized carbons (Fsp3) is 0.235. The third kappa shape index (κ3) is 4.04. The molecular formula is C17H16N2O3S. The summed E-state index contributed by atoms with van der Waals surface area (Å²) in [7, 11) is 0. The van der Waals surface area contributed by atoms with Gasteiger partial charge in [-0.25, -0.2) is 5.01 Å². The predicted octanol–water partition coefficient (Wildman–Crippen LogP) is 2.47. The van der Waals surface area contributed by atoms with Gasteiger partial charge in [-0.15, -0.1) is 0 Å². The molecular weight excluding hydrogens is 312 g/mol. The predicted molar refractivity (Wildman–Crippen MR) is 88.3 cm³/mol. The van der Waals surface area contributed by atoms with Crippen LogP contribution in [0.25, 0.3) is 0 Å². The van der Waals surface area contributed by atoms with Crippen molar-refractivity contribution in [3.63, 3.8) is 0 Å². The van der Waals surface area contributed by atoms with Gasteiger partial charge in [0.05, 0.1) is 18.7 Å². The number of nitrogens with zero attached hydrogens (tertiary/aromatic N) is 2. The first-order valence-corrected chi connectivity index (χ1v) is 8.26. The number of ether oxygens (including phenoxy) is 1. The van der Waals surface area contributed by atoms with Gasteiger partial charge in [-0.1, -0.05) is 30.3 Å². The first kappa shape index (κ1) is 15.4. The quantitative estimate of drug-likeness (QED) is 0.792. The molecule has 0 spiro atoms. The molecule has 1 amide bonds. The van der Waals surface area contributed by atoms with Crippen LogP contribution in [0, 0.1) is 0 Å². The van der Waals surface area contributed by atoms with Crippen molar-refractivity contribution in [2.45, 2.75) is 12.8 Å². The zero-order chi connectivity index (χ0) is 16.1. The van der Waals surface area contributed by atoms with Crippen LogP contribution in [-0.2, 0) is 20.7 Å². The van der Waals surface area contributed by atoms with E-state index in [9.17, 15) is 9.59 Å². The van der Waals surface area contributed by atoms with Gasteiger partial charge in [-0.3, -0.25) is 9.59 Å². The molecule has 0 saturated heterocycles. The number of hydrogen-bond acceptors (Lipinski definition) is 5. The summed E-state index contributed by atoms with van der Waals surface area (Å²) < 4.78 is 5.04. The van der Waals surface area contributed by atoms with Crippen molar-refractivity contribution < 1.29 is 14.3 Å². The molecule has 0 unspecified atom stereocenters. The Morgan fingerprint density at radius 1 is 1.22 bits per heavy atom. The monoisotopic (exact) mass is 328 g/mol. The first-order chi connectivity index (χ1) is 11.2. The minimum absolute atomic E-state index is 0.190. The van der Waals surface area contributed by atoms with Crippen LogP contribution in [0.2, 0.25) is 0 Å². The van der Waals surface area contributed by atoms with E-state index in [1.807, 2.05) is 47.2 Å². The van der Waals surface area contributed by atoms with Crippen LogP contribution >= 0.6 is 11.3 Å². The smallest absolute Gasteiger partial charge is 0.310 e. The maximum Gasteiger partial charge on any atom is 0.310 e. The Morgan fingerprint density at radius 3 is 2.78 bits per heavy atom. The number of hydrazone groups is 1. The Morgan fingerprint density at radius 2 is 2.04 bits per heavy atom. The molecule has 6 heteroatoms. The Balaban J connectivity index is 1.51. The molecule has 0 fully saturated rings. The zero-order valence-electron chi connectivity index (χ0n) is 12.5. The summed E-state index contributed by atoms with van der Waals surface area (Å²) in [5, 5.41) is 9.49. The molecule has 23 heavy (non-hydrogen) atoms. The van der Waals surface area contributed by atoms with Crippen molar-refractivity contribution in [2.75, 3.05) is 13.2 Å². The van der Waals surface area contributed by atoms with Crippen molar-refractivity contribution >= 4 is 28.9 Å². The second kappa shape index (κ2) is 7.19. The highest BCUT2D eigenvalue weighted by atomic mass is 32.1. The molecule has 3 rings (SSSR count). The SMILES string of the molecule is O=C(Cc1ccsc1)OCC(=O)N1CCC(c2ccccc2)=N1. The minimum atomic E-state index is -0.400. The molecule has 1 aromatic heterocycles. The van der Waals surface area contributed by atoms with Crippen molar-refractivity contribution in [3.8, 4) is 0 Å². The Hall–Kier alpha value is -2.47. The second-order valence-electron chi connectivity index (χ2n) is 5.15. The van der Waals surface area contributed by atoms with Gasteiger partial charge in [-0.2, -0.15) is 16.4 Å². The number of carbonyl (C=O) groups excluding carboxylic acids is 2. The van der Waals surface area contributed by atoms with Crippen LogP contribution in [0.5, 0.6) is 0 Å². The van der Waals surface area contributed by atoms with E-state index in [0.717, 1.165) is 16.8 Å². The van der Waals surface area contributed by atoms with E-state index in [2.05, 4.69) is 5.10 Å². The van der Waals surface area contributed by atoms with Crippen LogP contribution in [0.1, 0.15) is 17.5 Å². The number of esters is 1. The van der Waals surface area contributed by atoms with Crippen molar-refractivity contribution in [1.82, 2.24) is 5.01 Å². The lowest BCUT2D eigenvalue weighted by molar-refractivity contribution is -0.151. The van der Waals surface area contributed by atoms with Crippen LogP contribution in [-0.4, -0.2) is 35.7 Å². The normalized spacial score (nSPS) is 13.7. The minimum Gasteiger partial charge on any atom is -0.455 e. The number of hydrogen-bond donors (Lipinski definition) is 0. The van der Waals surface area contributed by atoms with E-state index < -0.39 is 5.97 Å². The largest absolute Gasteiger partial charge is 0.455 e. The molecule has 5 nitrogen and oxygen atoms in total. The number of benzene rings is 1. The number of carbonyl (C=O) groups is 2. The van der Waals surface area contributed by atoms with Gasteiger partial charge in [0.2, 0.25) is 0 Å². The molecule has 0 saturated carbocycles. The topological polar surface area (TPSA) is 59.0 Å². The lowest BCUT2D eigenvalue weighted by Crippen LogP contribution is -2.29. The summed E-state index contributed by atoms with van der Waals surface area (Å²) >= 11 is 1.52. The Labute approximate surface area is 138 Å². The average molecular weight is 328 g/mol. The highest BCUT2D eigenvalue weighted by Gasteiger charge is 2.22. The van der Waals surface area contributed by atoms with E-state index in [4.69, 9.17) is 4.74 Å². The van der Waals surface area contributed by atoms with Crippen molar-refractivity contribution in [2.24, 2.45) is 5.10 Å². The average Bonchev–Trinajstić information content (AvgIpc) is 3.25. The molecule has 1 aromatic carbocycles. The second-order valence-corrected chi connectivity index (χ2v) is 5.93. The number of rotatable bonds is 5. The summed E-state index contributed by atoms with van der Waals surface area (Å²) in [6.07, 6.45) is 0.897. The summed E-state index contributed by atoms with van der Waals surface area (Å²) in [4.78, 5) is 23.8. The van der Waals surface area contributed by atoms with E-state index in [0.29, 0.717) is 13.0 Å². The molecule has 118 valence electrons. The van der Waals surface area contributed by atoms with Crippen molar-refractivity contribution in [1.29, 1.82) is 0 Å². The molecule has 0 radical (unpaired) electrons. The summed E-state index contributed by atoms with van der Waals surface area (Å²) in [6.45, 7) is 0.250. The fourth-order valence-corrected chi connectivity index (χ4v) is 2.97. The number of thiophene rings is 1. The Bertz CT molecular complexity index is 711. The molecule has 0 N–H and O–H groups in total. The molecule has 2 aromatic rings. The third-order valence-corrected chi connectivity index (χ3v) is 4.21. The van der Waals surface area contributed by atoms with Gasteiger partial charge in [0.1, 0.15) is 0 Å². The zero-order valence-corrected chi connectivity index (χ0v) is 13.3. The van der Waals surface area contributed by atoms with Gasteiger partial charge < -0.3 is 4.74 Å². The fourth-order valence-electron chi connectivity index (χ4n) is 2.30. The van der Waals surface area contributed by atoms with E-state index >= 15 is 0 Å². The Kier molecular flexibility index (Phi) is 4.83. The highest BCUT2D eigenvalue weighted by Crippen LogP contribution is 2.14. The van der Waals surface area contributed by atoms with Gasteiger partial charge in [0, 0.05) is 6.42 Å². The molecule has 2 heterocycles. The summed E-state index contributed by atoms with van der Waals surface area (Å²) in [6, 6.07) is 11.6. The van der Waals surface area contributed by atoms with E-state index in [1.165, 1.54) is 16.3 Å².